The van der Waals surface area contributed by atoms with Gasteiger partial charge in [0.15, 0.2) is 0 Å². The van der Waals surface area contributed by atoms with Crippen molar-refractivity contribution in [2.75, 3.05) is 32.8 Å². The fraction of sp³-hybridized carbons (Fsp3) is 0.371. The molecule has 0 amide bonds. The van der Waals surface area contributed by atoms with E-state index in [1.54, 1.807) is 25.3 Å². The van der Waals surface area contributed by atoms with Gasteiger partial charge in [-0.05, 0) is 87.3 Å². The zero-order valence-electron chi connectivity index (χ0n) is 24.6. The van der Waals surface area contributed by atoms with Gasteiger partial charge in [0.25, 0.3) is 0 Å². The molecule has 41 heavy (non-hydrogen) atoms. The molecule has 0 spiro atoms. The van der Waals surface area contributed by atoms with E-state index in [2.05, 4.69) is 18.7 Å². The molecule has 0 aliphatic carbocycles. The minimum atomic E-state index is -0.379. The molecule has 0 aliphatic rings. The summed E-state index contributed by atoms with van der Waals surface area (Å²) in [7, 11) is 0. The second-order valence-corrected chi connectivity index (χ2v) is 10.3. The number of carbonyl (C=O) groups is 2. The van der Waals surface area contributed by atoms with Crippen molar-refractivity contribution in [3.05, 3.63) is 95.8 Å². The van der Waals surface area contributed by atoms with Crippen molar-refractivity contribution < 1.29 is 19.1 Å². The Labute approximate surface area is 243 Å². The van der Waals surface area contributed by atoms with Crippen molar-refractivity contribution >= 4 is 17.3 Å². The lowest BCUT2D eigenvalue weighted by Crippen LogP contribution is -2.28. The number of hydrogen-bond acceptors (Lipinski definition) is 5. The topological polar surface area (TPSA) is 60.2 Å². The Bertz CT molecular complexity index is 1400. The molecule has 0 saturated carbocycles. The van der Waals surface area contributed by atoms with E-state index in [0.29, 0.717) is 30.0 Å². The lowest BCUT2D eigenvalue weighted by Gasteiger charge is -2.21. The van der Waals surface area contributed by atoms with Gasteiger partial charge in [0, 0.05) is 29.4 Å². The number of esters is 1. The lowest BCUT2D eigenvalue weighted by molar-refractivity contribution is 0.0526. The Kier molecular flexibility index (Phi) is 11.1. The molecule has 2 aromatic heterocycles. The number of rotatable bonds is 16. The average Bonchev–Trinajstić information content (AvgIpc) is 3.39. The van der Waals surface area contributed by atoms with E-state index in [1.165, 1.54) is 25.7 Å². The summed E-state index contributed by atoms with van der Waals surface area (Å²) < 4.78 is 13.0. The van der Waals surface area contributed by atoms with Gasteiger partial charge in [-0.15, -0.1) is 0 Å². The van der Waals surface area contributed by atoms with Crippen molar-refractivity contribution in [3.8, 4) is 16.9 Å². The third-order valence-electron chi connectivity index (χ3n) is 7.24. The Balaban J connectivity index is 1.50. The summed E-state index contributed by atoms with van der Waals surface area (Å²) in [6.45, 7) is 10.5. The molecule has 6 nitrogen and oxygen atoms in total. The van der Waals surface area contributed by atoms with Crippen molar-refractivity contribution in [1.82, 2.24) is 9.30 Å². The number of ether oxygens (including phenoxy) is 2. The van der Waals surface area contributed by atoms with Gasteiger partial charge in [-0.1, -0.05) is 57.0 Å². The fourth-order valence-corrected chi connectivity index (χ4v) is 5.01. The lowest BCUT2D eigenvalue weighted by atomic mass is 10.0. The van der Waals surface area contributed by atoms with Crippen molar-refractivity contribution in [2.45, 2.75) is 52.9 Å². The summed E-state index contributed by atoms with van der Waals surface area (Å²) in [6, 6.07) is 22.6. The molecule has 4 aromatic rings. The largest absolute Gasteiger partial charge is 0.494 e. The number of benzene rings is 2. The van der Waals surface area contributed by atoms with Gasteiger partial charge in [0.2, 0.25) is 5.78 Å². The van der Waals surface area contributed by atoms with Gasteiger partial charge in [-0.2, -0.15) is 0 Å². The van der Waals surface area contributed by atoms with Crippen LogP contribution in [-0.4, -0.2) is 53.9 Å². The molecule has 216 valence electrons. The summed E-state index contributed by atoms with van der Waals surface area (Å²) in [5, 5.41) is 0. The Morgan fingerprint density at radius 1 is 0.780 bits per heavy atom. The maximum atomic E-state index is 13.9. The summed E-state index contributed by atoms with van der Waals surface area (Å²) in [6.07, 6.45) is 7.63. The third kappa shape index (κ3) is 7.86. The molecule has 0 fully saturated rings. The first-order valence-electron chi connectivity index (χ1n) is 14.9. The monoisotopic (exact) mass is 554 g/mol. The van der Waals surface area contributed by atoms with Gasteiger partial charge in [-0.25, -0.2) is 4.79 Å². The van der Waals surface area contributed by atoms with E-state index >= 15 is 0 Å². The number of hydrogen-bond donors (Lipinski definition) is 0. The first-order valence-corrected chi connectivity index (χ1v) is 14.9. The highest BCUT2D eigenvalue weighted by Crippen LogP contribution is 2.30. The standard InChI is InChI=1S/C35H42N2O4/c1-4-7-20-36(21-8-5-2)22-12-24-41-31-17-15-28(16-18-31)34(38)33-32(27-13-10-9-11-14-27)26-30-25-29(19-23-37(30)33)35(39)40-6-3/h9-11,13-19,23,25-26H,4-8,12,20-22,24H2,1-3H3. The first kappa shape index (κ1) is 30.1. The highest BCUT2D eigenvalue weighted by molar-refractivity contribution is 6.13. The van der Waals surface area contributed by atoms with Crippen LogP contribution in [0.3, 0.4) is 0 Å². The van der Waals surface area contributed by atoms with E-state index in [0.717, 1.165) is 48.4 Å². The predicted octanol–water partition coefficient (Wildman–Crippen LogP) is 7.69. The van der Waals surface area contributed by atoms with Gasteiger partial charge < -0.3 is 18.8 Å². The fourth-order valence-electron chi connectivity index (χ4n) is 5.01. The van der Waals surface area contributed by atoms with Crippen LogP contribution >= 0.6 is 0 Å². The molecule has 6 heteroatoms. The quantitative estimate of drug-likeness (QED) is 0.0807. The van der Waals surface area contributed by atoms with Crippen LogP contribution in [0, 0.1) is 0 Å². The normalized spacial score (nSPS) is 11.2. The maximum absolute atomic E-state index is 13.9. The molecule has 2 heterocycles. The first-order chi connectivity index (χ1) is 20.0. The van der Waals surface area contributed by atoms with Crippen LogP contribution in [0.1, 0.15) is 79.3 Å². The van der Waals surface area contributed by atoms with Crippen molar-refractivity contribution in [2.24, 2.45) is 0 Å². The van der Waals surface area contributed by atoms with E-state index in [1.807, 2.05) is 65.1 Å². The van der Waals surface area contributed by atoms with Crippen LogP contribution in [-0.2, 0) is 4.74 Å². The maximum Gasteiger partial charge on any atom is 0.338 e. The van der Waals surface area contributed by atoms with Gasteiger partial charge in [0.05, 0.1) is 18.8 Å². The van der Waals surface area contributed by atoms with Crippen LogP contribution in [0.2, 0.25) is 0 Å². The van der Waals surface area contributed by atoms with Crippen LogP contribution in [0.25, 0.3) is 16.6 Å². The number of unbranched alkanes of at least 4 members (excludes halogenated alkanes) is 2. The second kappa shape index (κ2) is 15.2. The van der Waals surface area contributed by atoms with E-state index in [4.69, 9.17) is 9.47 Å². The summed E-state index contributed by atoms with van der Waals surface area (Å²) in [4.78, 5) is 28.8. The number of carbonyl (C=O) groups excluding carboxylic acids is 2. The van der Waals surface area contributed by atoms with Crippen molar-refractivity contribution in [1.29, 1.82) is 0 Å². The number of pyridine rings is 1. The van der Waals surface area contributed by atoms with Crippen LogP contribution in [0.4, 0.5) is 0 Å². The molecular formula is C35H42N2O4. The zero-order chi connectivity index (χ0) is 29.0. The molecule has 0 saturated heterocycles. The third-order valence-corrected chi connectivity index (χ3v) is 7.24. The molecule has 2 aromatic carbocycles. The highest BCUT2D eigenvalue weighted by Gasteiger charge is 2.21. The highest BCUT2D eigenvalue weighted by atomic mass is 16.5. The summed E-state index contributed by atoms with van der Waals surface area (Å²) in [5.74, 6) is 0.287. The average molecular weight is 555 g/mol. The SMILES string of the molecule is CCCCN(CCCC)CCCOc1ccc(C(=O)c2c(-c3ccccc3)cc3cc(C(=O)OCC)ccn23)cc1. The van der Waals surface area contributed by atoms with Crippen molar-refractivity contribution in [3.63, 3.8) is 0 Å². The zero-order valence-corrected chi connectivity index (χ0v) is 24.6. The van der Waals surface area contributed by atoms with Gasteiger partial charge in [0.1, 0.15) is 11.4 Å². The van der Waals surface area contributed by atoms with Gasteiger partial charge >= 0.3 is 5.97 Å². The summed E-state index contributed by atoms with van der Waals surface area (Å²) in [5.41, 5.74) is 4.08. The molecule has 0 N–H and O–H groups in total. The summed E-state index contributed by atoms with van der Waals surface area (Å²) >= 11 is 0. The van der Waals surface area contributed by atoms with E-state index in [9.17, 15) is 9.59 Å². The Morgan fingerprint density at radius 2 is 1.46 bits per heavy atom. The number of ketones is 1. The van der Waals surface area contributed by atoms with E-state index < -0.39 is 0 Å². The number of fused-ring (bicyclic) bond motifs is 1. The minimum Gasteiger partial charge on any atom is -0.494 e. The molecule has 0 atom stereocenters. The minimum absolute atomic E-state index is 0.0956. The number of aromatic nitrogens is 1. The Hall–Kier alpha value is -3.90. The van der Waals surface area contributed by atoms with Crippen LogP contribution in [0.5, 0.6) is 5.75 Å². The number of nitrogens with zero attached hydrogens (tertiary/aromatic N) is 2. The van der Waals surface area contributed by atoms with Crippen LogP contribution < -0.4 is 4.74 Å². The molecule has 0 unspecified atom stereocenters. The molecular weight excluding hydrogens is 512 g/mol. The van der Waals surface area contributed by atoms with E-state index in [-0.39, 0.29) is 11.8 Å². The predicted molar refractivity (Wildman–Crippen MR) is 165 cm³/mol. The molecule has 0 aliphatic heterocycles. The Morgan fingerprint density at radius 3 is 2.12 bits per heavy atom. The molecule has 0 bridgehead atoms. The molecule has 0 radical (unpaired) electrons. The smallest absolute Gasteiger partial charge is 0.338 e. The molecule has 4 rings (SSSR count). The van der Waals surface area contributed by atoms with Gasteiger partial charge in [-0.3, -0.25) is 4.79 Å². The van der Waals surface area contributed by atoms with Crippen LogP contribution in [0.15, 0.2) is 79.0 Å². The second-order valence-electron chi connectivity index (χ2n) is 10.3.